The molecule has 0 radical (unpaired) electrons. The standard InChI is InChI=1S/C19H36O4Si/c1-14(2)8-9-15-12-18(21)22-13-16(15)17(10-11-20)23-24(6,7)19(3,4)5/h15-17,20H,1,8-13H2,2-7H3/t15-,16-,17+/m1/s1. The molecule has 4 nitrogen and oxygen atoms in total. The third kappa shape index (κ3) is 6.01. The molecule has 0 unspecified atom stereocenters. The Morgan fingerprint density at radius 1 is 1.46 bits per heavy atom. The van der Waals surface area contributed by atoms with Crippen molar-refractivity contribution < 1.29 is 19.1 Å². The topological polar surface area (TPSA) is 55.8 Å². The Kier molecular flexibility index (Phi) is 7.69. The van der Waals surface area contributed by atoms with E-state index in [0.29, 0.717) is 19.4 Å². The lowest BCUT2D eigenvalue weighted by molar-refractivity contribution is -0.156. The van der Waals surface area contributed by atoms with Crippen molar-refractivity contribution in [3.63, 3.8) is 0 Å². The van der Waals surface area contributed by atoms with Gasteiger partial charge in [0.15, 0.2) is 8.32 Å². The molecule has 0 aromatic rings. The lowest BCUT2D eigenvalue weighted by Crippen LogP contribution is -2.49. The number of cyclic esters (lactones) is 1. The maximum absolute atomic E-state index is 11.8. The van der Waals surface area contributed by atoms with Gasteiger partial charge in [0.2, 0.25) is 0 Å². The number of carbonyl (C=O) groups is 1. The van der Waals surface area contributed by atoms with E-state index in [4.69, 9.17) is 9.16 Å². The van der Waals surface area contributed by atoms with Gasteiger partial charge in [0.1, 0.15) is 0 Å². The largest absolute Gasteiger partial charge is 0.465 e. The van der Waals surface area contributed by atoms with Gasteiger partial charge in [-0.15, -0.1) is 6.58 Å². The molecule has 1 aliphatic rings. The molecule has 1 saturated heterocycles. The van der Waals surface area contributed by atoms with Gasteiger partial charge in [0, 0.05) is 18.9 Å². The lowest BCUT2D eigenvalue weighted by atomic mass is 9.80. The first-order valence-corrected chi connectivity index (χ1v) is 12.0. The third-order valence-corrected chi connectivity index (χ3v) is 10.1. The second-order valence-electron chi connectivity index (χ2n) is 8.74. The third-order valence-electron chi connectivity index (χ3n) is 5.56. The van der Waals surface area contributed by atoms with E-state index in [2.05, 4.69) is 40.4 Å². The van der Waals surface area contributed by atoms with E-state index in [1.165, 1.54) is 0 Å². The Hall–Kier alpha value is -0.653. The Morgan fingerprint density at radius 2 is 2.08 bits per heavy atom. The average Bonchev–Trinajstić information content (AvgIpc) is 2.43. The van der Waals surface area contributed by atoms with Crippen LogP contribution >= 0.6 is 0 Å². The molecule has 1 heterocycles. The molecule has 1 aliphatic heterocycles. The summed E-state index contributed by atoms with van der Waals surface area (Å²) in [5.74, 6) is 0.278. The van der Waals surface area contributed by atoms with Crippen LogP contribution in [0.5, 0.6) is 0 Å². The molecule has 24 heavy (non-hydrogen) atoms. The molecule has 1 rings (SSSR count). The highest BCUT2D eigenvalue weighted by molar-refractivity contribution is 6.74. The number of hydrogen-bond donors (Lipinski definition) is 1. The van der Waals surface area contributed by atoms with E-state index in [1.54, 1.807) is 0 Å². The van der Waals surface area contributed by atoms with Crippen molar-refractivity contribution in [2.24, 2.45) is 11.8 Å². The van der Waals surface area contributed by atoms with Crippen LogP contribution in [-0.2, 0) is 14.0 Å². The molecule has 140 valence electrons. The van der Waals surface area contributed by atoms with Crippen molar-refractivity contribution in [1.82, 2.24) is 0 Å². The van der Waals surface area contributed by atoms with E-state index >= 15 is 0 Å². The van der Waals surface area contributed by atoms with Gasteiger partial charge in [-0.3, -0.25) is 4.79 Å². The number of esters is 1. The summed E-state index contributed by atoms with van der Waals surface area (Å²) in [5.41, 5.74) is 1.14. The zero-order valence-corrected chi connectivity index (χ0v) is 17.4. The van der Waals surface area contributed by atoms with E-state index in [0.717, 1.165) is 18.4 Å². The minimum absolute atomic E-state index is 0.0564. The monoisotopic (exact) mass is 356 g/mol. The number of carbonyl (C=O) groups excluding carboxylic acids is 1. The normalized spacial score (nSPS) is 23.7. The highest BCUT2D eigenvalue weighted by atomic mass is 28.4. The number of ether oxygens (including phenoxy) is 1. The zero-order valence-electron chi connectivity index (χ0n) is 16.4. The molecule has 3 atom stereocenters. The van der Waals surface area contributed by atoms with Crippen LogP contribution in [0.3, 0.4) is 0 Å². The quantitative estimate of drug-likeness (QED) is 0.400. The fraction of sp³-hybridized carbons (Fsp3) is 0.842. The summed E-state index contributed by atoms with van der Waals surface area (Å²) in [5, 5.41) is 9.65. The van der Waals surface area contributed by atoms with Gasteiger partial charge < -0.3 is 14.3 Å². The molecule has 0 aliphatic carbocycles. The van der Waals surface area contributed by atoms with Gasteiger partial charge in [-0.1, -0.05) is 26.3 Å². The molecular weight excluding hydrogens is 320 g/mol. The first-order chi connectivity index (χ1) is 11.0. The summed E-state index contributed by atoms with van der Waals surface area (Å²) in [6.07, 6.45) is 2.83. The maximum Gasteiger partial charge on any atom is 0.306 e. The summed E-state index contributed by atoms with van der Waals surface area (Å²) in [6, 6.07) is 0. The van der Waals surface area contributed by atoms with E-state index < -0.39 is 8.32 Å². The Bertz CT molecular complexity index is 439. The summed E-state index contributed by atoms with van der Waals surface area (Å²) < 4.78 is 12.0. The van der Waals surface area contributed by atoms with Crippen molar-refractivity contribution in [2.75, 3.05) is 13.2 Å². The van der Waals surface area contributed by atoms with E-state index in [1.807, 2.05) is 6.92 Å². The van der Waals surface area contributed by atoms with Gasteiger partial charge >= 0.3 is 5.97 Å². The highest BCUT2D eigenvalue weighted by Crippen LogP contribution is 2.41. The summed E-state index contributed by atoms with van der Waals surface area (Å²) in [4.78, 5) is 11.8. The van der Waals surface area contributed by atoms with Gasteiger partial charge in [-0.2, -0.15) is 0 Å². The van der Waals surface area contributed by atoms with Crippen LogP contribution in [0.15, 0.2) is 12.2 Å². The molecule has 0 spiro atoms. The number of allylic oxidation sites excluding steroid dienone is 1. The molecule has 0 aromatic heterocycles. The number of hydrogen-bond acceptors (Lipinski definition) is 4. The fourth-order valence-corrected chi connectivity index (χ4v) is 4.35. The SMILES string of the molecule is C=C(C)CC[C@@H]1CC(=O)OC[C@H]1[C@H](CCO)O[Si](C)(C)C(C)(C)C. The molecule has 1 fully saturated rings. The van der Waals surface area contributed by atoms with Crippen molar-refractivity contribution in [2.45, 2.75) is 77.6 Å². The minimum Gasteiger partial charge on any atom is -0.465 e. The van der Waals surface area contributed by atoms with Crippen LogP contribution in [0.1, 0.15) is 53.4 Å². The van der Waals surface area contributed by atoms with Crippen LogP contribution in [0.25, 0.3) is 0 Å². The van der Waals surface area contributed by atoms with Crippen LogP contribution in [0, 0.1) is 11.8 Å². The number of rotatable bonds is 8. The van der Waals surface area contributed by atoms with Crippen molar-refractivity contribution in [1.29, 1.82) is 0 Å². The van der Waals surface area contributed by atoms with Crippen LogP contribution in [0.4, 0.5) is 0 Å². The number of aliphatic hydroxyl groups is 1. The van der Waals surface area contributed by atoms with Gasteiger partial charge in [0.05, 0.1) is 12.7 Å². The summed E-state index contributed by atoms with van der Waals surface area (Å²) in [6.45, 7) is 17.6. The lowest BCUT2D eigenvalue weighted by Gasteiger charge is -2.44. The smallest absolute Gasteiger partial charge is 0.306 e. The van der Waals surface area contributed by atoms with Crippen molar-refractivity contribution in [3.8, 4) is 0 Å². The van der Waals surface area contributed by atoms with Crippen LogP contribution in [0.2, 0.25) is 18.1 Å². The van der Waals surface area contributed by atoms with Gasteiger partial charge in [0.25, 0.3) is 0 Å². The molecule has 0 saturated carbocycles. The summed E-state index contributed by atoms with van der Waals surface area (Å²) in [7, 11) is -1.95. The van der Waals surface area contributed by atoms with Gasteiger partial charge in [-0.25, -0.2) is 0 Å². The predicted molar refractivity (Wildman–Crippen MR) is 100 cm³/mol. The second-order valence-corrected chi connectivity index (χ2v) is 13.5. The summed E-state index contributed by atoms with van der Waals surface area (Å²) >= 11 is 0. The molecule has 5 heteroatoms. The molecule has 0 amide bonds. The molecule has 0 aromatic carbocycles. The first kappa shape index (κ1) is 21.4. The molecular formula is C19H36O4Si. The molecule has 0 bridgehead atoms. The van der Waals surface area contributed by atoms with Crippen LogP contribution in [-0.4, -0.2) is 38.7 Å². The highest BCUT2D eigenvalue weighted by Gasteiger charge is 2.43. The first-order valence-electron chi connectivity index (χ1n) is 9.06. The Balaban J connectivity index is 2.93. The Morgan fingerprint density at radius 3 is 2.58 bits per heavy atom. The second kappa shape index (κ2) is 8.63. The zero-order chi connectivity index (χ0) is 18.5. The average molecular weight is 357 g/mol. The van der Waals surface area contributed by atoms with E-state index in [-0.39, 0.29) is 35.6 Å². The minimum atomic E-state index is -1.95. The fourth-order valence-electron chi connectivity index (χ4n) is 2.95. The molecule has 1 N–H and O–H groups in total. The van der Waals surface area contributed by atoms with Gasteiger partial charge in [-0.05, 0) is 50.2 Å². The predicted octanol–water partition coefficient (Wildman–Crippen LogP) is 4.29. The van der Waals surface area contributed by atoms with Crippen molar-refractivity contribution >= 4 is 14.3 Å². The Labute approximate surface area is 148 Å². The van der Waals surface area contributed by atoms with Crippen molar-refractivity contribution in [3.05, 3.63) is 12.2 Å². The maximum atomic E-state index is 11.8. The number of aliphatic hydroxyl groups excluding tert-OH is 1. The van der Waals surface area contributed by atoms with E-state index in [9.17, 15) is 9.90 Å². The van der Waals surface area contributed by atoms with Crippen LogP contribution < -0.4 is 0 Å².